The van der Waals surface area contributed by atoms with Gasteiger partial charge < -0.3 is 74.7 Å². The Labute approximate surface area is 187 Å². The molecule has 3 heterocycles. The zero-order chi connectivity index (χ0) is 24.6. The van der Waals surface area contributed by atoms with Crippen LogP contribution in [0.1, 0.15) is 6.92 Å². The van der Waals surface area contributed by atoms with Gasteiger partial charge in [-0.2, -0.15) is 0 Å². The predicted molar refractivity (Wildman–Crippen MR) is 99.8 cm³/mol. The van der Waals surface area contributed by atoms with Gasteiger partial charge in [0.05, 0.1) is 19.3 Å². The van der Waals surface area contributed by atoms with Crippen molar-refractivity contribution in [1.82, 2.24) is 0 Å². The van der Waals surface area contributed by atoms with Crippen LogP contribution in [-0.4, -0.2) is 156 Å². The molecule has 0 aromatic rings. The van der Waals surface area contributed by atoms with Gasteiger partial charge in [0.15, 0.2) is 18.9 Å². The molecule has 3 aliphatic rings. The summed E-state index contributed by atoms with van der Waals surface area (Å²) in [5, 5.41) is 100. The van der Waals surface area contributed by atoms with E-state index in [9.17, 15) is 51.1 Å². The monoisotopic (exact) mass is 488 g/mol. The van der Waals surface area contributed by atoms with E-state index in [-0.39, 0.29) is 0 Å². The fourth-order valence-electron chi connectivity index (χ4n) is 3.98. The van der Waals surface area contributed by atoms with Crippen molar-refractivity contribution in [2.45, 2.75) is 99.0 Å². The molecule has 0 aliphatic carbocycles. The number of aliphatic hydroxyl groups is 10. The molecule has 10 N–H and O–H groups in total. The van der Waals surface area contributed by atoms with Crippen LogP contribution in [0.25, 0.3) is 0 Å². The molecule has 0 unspecified atom stereocenters. The molecule has 15 nitrogen and oxygen atoms in total. The largest absolute Gasteiger partial charge is 0.394 e. The van der Waals surface area contributed by atoms with Crippen LogP contribution >= 0.6 is 0 Å². The molecular weight excluding hydrogens is 456 g/mol. The maximum atomic E-state index is 10.7. The molecule has 15 atom stereocenters. The lowest BCUT2D eigenvalue weighted by atomic mass is 9.96. The molecule has 0 aromatic heterocycles. The highest BCUT2D eigenvalue weighted by Gasteiger charge is 2.53. The minimum Gasteiger partial charge on any atom is -0.394 e. The molecular formula is C18H32O15. The lowest BCUT2D eigenvalue weighted by Crippen LogP contribution is -2.66. The number of hydrogen-bond acceptors (Lipinski definition) is 15. The van der Waals surface area contributed by atoms with Crippen molar-refractivity contribution in [1.29, 1.82) is 0 Å². The second kappa shape index (κ2) is 11.0. The average Bonchev–Trinajstić information content (AvgIpc) is 2.79. The van der Waals surface area contributed by atoms with E-state index in [4.69, 9.17) is 23.7 Å². The Balaban J connectivity index is 1.76. The molecule has 0 amide bonds. The lowest BCUT2D eigenvalue weighted by molar-refractivity contribution is -0.381. The highest BCUT2D eigenvalue weighted by molar-refractivity contribution is 4.95. The fourth-order valence-corrected chi connectivity index (χ4v) is 3.98. The molecule has 15 heteroatoms. The van der Waals surface area contributed by atoms with Crippen molar-refractivity contribution in [3.63, 3.8) is 0 Å². The first kappa shape index (κ1) is 27.0. The zero-order valence-electron chi connectivity index (χ0n) is 17.6. The molecule has 0 aromatic carbocycles. The van der Waals surface area contributed by atoms with E-state index in [0.29, 0.717) is 0 Å². The molecule has 3 fully saturated rings. The first-order valence-corrected chi connectivity index (χ1v) is 10.4. The molecule has 0 bridgehead atoms. The van der Waals surface area contributed by atoms with Gasteiger partial charge in [-0.25, -0.2) is 0 Å². The van der Waals surface area contributed by atoms with Gasteiger partial charge in [0, 0.05) is 0 Å². The van der Waals surface area contributed by atoms with Gasteiger partial charge in [-0.1, -0.05) is 0 Å². The summed E-state index contributed by atoms with van der Waals surface area (Å²) in [4.78, 5) is 0. The summed E-state index contributed by atoms with van der Waals surface area (Å²) < 4.78 is 26.4. The summed E-state index contributed by atoms with van der Waals surface area (Å²) in [6.45, 7) is -0.122. The third-order valence-corrected chi connectivity index (χ3v) is 6.06. The first-order chi connectivity index (χ1) is 15.5. The van der Waals surface area contributed by atoms with Crippen molar-refractivity contribution in [2.24, 2.45) is 0 Å². The minimum atomic E-state index is -1.87. The van der Waals surface area contributed by atoms with Crippen molar-refractivity contribution in [3.8, 4) is 0 Å². The Morgan fingerprint density at radius 3 is 1.64 bits per heavy atom. The topological polar surface area (TPSA) is 248 Å². The van der Waals surface area contributed by atoms with E-state index < -0.39 is 105 Å². The second-order valence-electron chi connectivity index (χ2n) is 8.32. The summed E-state index contributed by atoms with van der Waals surface area (Å²) >= 11 is 0. The van der Waals surface area contributed by atoms with Crippen molar-refractivity contribution >= 4 is 0 Å². The van der Waals surface area contributed by atoms with Crippen molar-refractivity contribution < 1.29 is 74.7 Å². The number of rotatable bonds is 6. The molecule has 0 radical (unpaired) electrons. The van der Waals surface area contributed by atoms with E-state index in [2.05, 4.69) is 0 Å². The van der Waals surface area contributed by atoms with Gasteiger partial charge in [-0.3, -0.25) is 0 Å². The highest BCUT2D eigenvalue weighted by atomic mass is 16.8. The van der Waals surface area contributed by atoms with Crippen LogP contribution in [0, 0.1) is 0 Å². The van der Waals surface area contributed by atoms with Gasteiger partial charge in [0.2, 0.25) is 0 Å². The van der Waals surface area contributed by atoms with Crippen LogP contribution in [0.4, 0.5) is 0 Å². The zero-order valence-corrected chi connectivity index (χ0v) is 17.6. The summed E-state index contributed by atoms with van der Waals surface area (Å²) in [6, 6.07) is 0. The summed E-state index contributed by atoms with van der Waals surface area (Å²) in [6.07, 6.45) is -24.1. The molecule has 0 saturated carbocycles. The second-order valence-corrected chi connectivity index (χ2v) is 8.32. The number of aliphatic hydroxyl groups excluding tert-OH is 10. The fraction of sp³-hybridized carbons (Fsp3) is 1.00. The maximum Gasteiger partial charge on any atom is 0.187 e. The van der Waals surface area contributed by atoms with Crippen molar-refractivity contribution in [3.05, 3.63) is 0 Å². The molecule has 194 valence electrons. The molecule has 3 aliphatic heterocycles. The summed E-state index contributed by atoms with van der Waals surface area (Å²) in [7, 11) is 0. The molecule has 3 saturated heterocycles. The third-order valence-electron chi connectivity index (χ3n) is 6.06. The van der Waals surface area contributed by atoms with Crippen LogP contribution in [0.2, 0.25) is 0 Å². The Bertz CT molecular complexity index is 624. The first-order valence-electron chi connectivity index (χ1n) is 10.4. The van der Waals surface area contributed by atoms with E-state index in [0.717, 1.165) is 0 Å². The number of ether oxygens (including phenoxy) is 5. The molecule has 0 spiro atoms. The predicted octanol–water partition coefficient (Wildman–Crippen LogP) is -6.55. The normalized spacial score (nSPS) is 53.7. The maximum absolute atomic E-state index is 10.7. The third kappa shape index (κ3) is 5.32. The summed E-state index contributed by atoms with van der Waals surface area (Å²) in [5.41, 5.74) is 0. The Morgan fingerprint density at radius 2 is 1.06 bits per heavy atom. The SMILES string of the molecule is C[C@H]1O[C@@H](O)[C@H](O[C@H]2O[C@@H](CO)[C@H](O)[C@@H](O[C@@H]3O[C@@H](CO)[C@H](O)[C@H](O)[C@@H]3O)[C@@H]2O)[C@@H](O)[C@@H]1O. The van der Waals surface area contributed by atoms with E-state index in [1.807, 2.05) is 0 Å². The van der Waals surface area contributed by atoms with Crippen LogP contribution < -0.4 is 0 Å². The van der Waals surface area contributed by atoms with E-state index >= 15 is 0 Å². The van der Waals surface area contributed by atoms with Crippen molar-refractivity contribution in [2.75, 3.05) is 13.2 Å². The molecule has 3 rings (SSSR count). The highest BCUT2D eigenvalue weighted by Crippen LogP contribution is 2.32. The summed E-state index contributed by atoms with van der Waals surface area (Å²) in [5.74, 6) is 0. The van der Waals surface area contributed by atoms with Gasteiger partial charge in [-0.05, 0) is 6.92 Å². The average molecular weight is 488 g/mol. The minimum absolute atomic E-state index is 0.743. The smallest absolute Gasteiger partial charge is 0.187 e. The van der Waals surface area contributed by atoms with Crippen LogP contribution in [-0.2, 0) is 23.7 Å². The number of hydrogen-bond donors (Lipinski definition) is 10. The van der Waals surface area contributed by atoms with Gasteiger partial charge >= 0.3 is 0 Å². The Morgan fingerprint density at radius 1 is 0.545 bits per heavy atom. The van der Waals surface area contributed by atoms with Gasteiger partial charge in [-0.15, -0.1) is 0 Å². The van der Waals surface area contributed by atoms with Crippen LogP contribution in [0.3, 0.4) is 0 Å². The Hall–Kier alpha value is -0.600. The van der Waals surface area contributed by atoms with Crippen LogP contribution in [0.15, 0.2) is 0 Å². The standard InChI is InChI=1S/C18H32O15/c1-4-7(21)11(25)15(16(28)29-4)33-18-13(27)14(9(23)6(3-20)31-18)32-17-12(26)10(24)8(22)5(2-19)30-17/h4-28H,2-3H2,1H3/t4-,5+,6+,7-,8+,9+,10+,11+,12+,13+,14-,15-,16-,17+,18-/m1/s1. The van der Waals surface area contributed by atoms with Gasteiger partial charge in [0.1, 0.15) is 67.1 Å². The van der Waals surface area contributed by atoms with Crippen LogP contribution in [0.5, 0.6) is 0 Å². The van der Waals surface area contributed by atoms with E-state index in [1.165, 1.54) is 6.92 Å². The van der Waals surface area contributed by atoms with Gasteiger partial charge in [0.25, 0.3) is 0 Å². The van der Waals surface area contributed by atoms with E-state index in [1.54, 1.807) is 0 Å². The quantitative estimate of drug-likeness (QED) is 0.167. The lowest BCUT2D eigenvalue weighted by Gasteiger charge is -2.47. The Kier molecular flexibility index (Phi) is 8.99. The molecule has 33 heavy (non-hydrogen) atoms.